The molecule has 3 aliphatic rings. The number of hydrogen-bond donors (Lipinski definition) is 3. The molecule has 8 nitrogen and oxygen atoms in total. The summed E-state index contributed by atoms with van der Waals surface area (Å²) in [5, 5.41) is 9.12. The Kier molecular flexibility index (Phi) is 8.20. The van der Waals surface area contributed by atoms with E-state index in [1.807, 2.05) is 0 Å². The van der Waals surface area contributed by atoms with Gasteiger partial charge in [-0.3, -0.25) is 9.59 Å². The molecule has 10 heteroatoms. The first kappa shape index (κ1) is 28.5. The van der Waals surface area contributed by atoms with E-state index < -0.39 is 27.7 Å². The Morgan fingerprint density at radius 3 is 2.55 bits per heavy atom. The Hall–Kier alpha value is -2.98. The van der Waals surface area contributed by atoms with Gasteiger partial charge in [-0.1, -0.05) is 31.9 Å². The number of benzene rings is 2. The number of carbonyl (C=O) groups is 2. The summed E-state index contributed by atoms with van der Waals surface area (Å²) < 4.78 is 44.5. The highest BCUT2D eigenvalue weighted by atomic mass is 32.2. The van der Waals surface area contributed by atoms with Crippen molar-refractivity contribution in [3.63, 3.8) is 0 Å². The predicted molar refractivity (Wildman–Crippen MR) is 153 cm³/mol. The minimum Gasteiger partial charge on any atom is -0.384 e. The minimum atomic E-state index is -3.27. The standard InChI is InChI=1S/C30H38FN3O5S/c1-19-6-8-21(9-7-19)27(34-28(35)22-5-3-4-20(14-22)17-40(2,37)38)29(36)33-23-15-24(31)26-25(16-23)32-18-30(26)10-12-39-13-11-30/h3-5,14-16,19,21,27,32H,6-13,17-18H2,1-2H3,(H,33,36)(H,34,35). The summed E-state index contributed by atoms with van der Waals surface area (Å²) >= 11 is 0. The topological polar surface area (TPSA) is 114 Å². The van der Waals surface area contributed by atoms with Crippen LogP contribution in [0.3, 0.4) is 0 Å². The minimum absolute atomic E-state index is 0.0674. The fourth-order valence-corrected chi connectivity index (χ4v) is 7.25. The Morgan fingerprint density at radius 2 is 1.85 bits per heavy atom. The monoisotopic (exact) mass is 571 g/mol. The Bertz CT molecular complexity index is 1380. The van der Waals surface area contributed by atoms with Gasteiger partial charge in [0.05, 0.1) is 5.75 Å². The number of amides is 2. The van der Waals surface area contributed by atoms with Crippen molar-refractivity contribution in [2.45, 2.75) is 62.7 Å². The van der Waals surface area contributed by atoms with Crippen LogP contribution in [0, 0.1) is 17.7 Å². The lowest BCUT2D eigenvalue weighted by Crippen LogP contribution is -2.49. The SMILES string of the molecule is CC1CCC(C(NC(=O)c2cccc(CS(C)(=O)=O)c2)C(=O)Nc2cc(F)c3c(c2)NCC32CCOCC2)CC1. The fourth-order valence-electron chi connectivity index (χ4n) is 6.47. The van der Waals surface area contributed by atoms with Crippen molar-refractivity contribution in [1.82, 2.24) is 5.32 Å². The van der Waals surface area contributed by atoms with Gasteiger partial charge >= 0.3 is 0 Å². The quantitative estimate of drug-likeness (QED) is 0.454. The predicted octanol–water partition coefficient (Wildman–Crippen LogP) is 4.41. The first-order chi connectivity index (χ1) is 19.0. The number of ether oxygens (including phenoxy) is 1. The van der Waals surface area contributed by atoms with Crippen LogP contribution in [0.25, 0.3) is 0 Å². The van der Waals surface area contributed by atoms with Gasteiger partial charge in [-0.2, -0.15) is 0 Å². The lowest BCUT2D eigenvalue weighted by atomic mass is 9.75. The van der Waals surface area contributed by atoms with Crippen LogP contribution < -0.4 is 16.0 Å². The van der Waals surface area contributed by atoms with Gasteiger partial charge in [0, 0.05) is 53.9 Å². The molecule has 1 saturated carbocycles. The van der Waals surface area contributed by atoms with Gasteiger partial charge in [0.25, 0.3) is 5.91 Å². The van der Waals surface area contributed by atoms with Gasteiger partial charge in [0.15, 0.2) is 9.84 Å². The third-order valence-electron chi connectivity index (χ3n) is 8.67. The molecule has 1 saturated heterocycles. The van der Waals surface area contributed by atoms with Crippen LogP contribution in [0.2, 0.25) is 0 Å². The highest BCUT2D eigenvalue weighted by Gasteiger charge is 2.43. The van der Waals surface area contributed by atoms with E-state index in [-0.39, 0.29) is 28.5 Å². The van der Waals surface area contributed by atoms with Crippen LogP contribution in [-0.2, 0) is 30.5 Å². The van der Waals surface area contributed by atoms with Crippen molar-refractivity contribution in [1.29, 1.82) is 0 Å². The van der Waals surface area contributed by atoms with Crippen LogP contribution in [-0.4, -0.2) is 52.3 Å². The summed E-state index contributed by atoms with van der Waals surface area (Å²) in [6.07, 6.45) is 6.13. The number of fused-ring (bicyclic) bond motifs is 2. The average molecular weight is 572 g/mol. The van der Waals surface area contributed by atoms with Crippen LogP contribution >= 0.6 is 0 Å². The van der Waals surface area contributed by atoms with Crippen molar-refractivity contribution in [3.05, 3.63) is 58.9 Å². The average Bonchev–Trinajstić information content (AvgIpc) is 3.25. The third kappa shape index (κ3) is 6.33. The molecule has 40 heavy (non-hydrogen) atoms. The molecule has 1 atom stereocenters. The van der Waals surface area contributed by atoms with E-state index in [1.54, 1.807) is 30.3 Å². The van der Waals surface area contributed by atoms with Crippen LogP contribution in [0.4, 0.5) is 15.8 Å². The molecule has 1 unspecified atom stereocenters. The zero-order valence-corrected chi connectivity index (χ0v) is 23.9. The highest BCUT2D eigenvalue weighted by Crippen LogP contribution is 2.46. The summed E-state index contributed by atoms with van der Waals surface area (Å²) in [5.74, 6) is -0.879. The summed E-state index contributed by atoms with van der Waals surface area (Å²) in [5.41, 5.74) is 2.20. The second-order valence-corrected chi connectivity index (χ2v) is 14.0. The van der Waals surface area contributed by atoms with Crippen molar-refractivity contribution < 1.29 is 27.1 Å². The molecule has 2 aromatic carbocycles. The summed E-state index contributed by atoms with van der Waals surface area (Å²) in [7, 11) is -3.27. The van der Waals surface area contributed by atoms with E-state index in [2.05, 4.69) is 22.9 Å². The lowest BCUT2D eigenvalue weighted by Gasteiger charge is -2.33. The molecule has 1 spiro atoms. The lowest BCUT2D eigenvalue weighted by molar-refractivity contribution is -0.119. The van der Waals surface area contributed by atoms with E-state index in [9.17, 15) is 18.0 Å². The number of sulfone groups is 1. The number of halogens is 1. The van der Waals surface area contributed by atoms with Gasteiger partial charge in [0.2, 0.25) is 5.91 Å². The molecular weight excluding hydrogens is 533 g/mol. The molecule has 2 heterocycles. The van der Waals surface area contributed by atoms with E-state index >= 15 is 4.39 Å². The molecule has 2 aromatic rings. The zero-order chi connectivity index (χ0) is 28.5. The van der Waals surface area contributed by atoms with E-state index in [4.69, 9.17) is 4.74 Å². The molecular formula is C30H38FN3O5S. The second-order valence-electron chi connectivity index (χ2n) is 11.9. The Balaban J connectivity index is 1.36. The van der Waals surface area contributed by atoms with Gasteiger partial charge in [0.1, 0.15) is 11.9 Å². The fraction of sp³-hybridized carbons (Fsp3) is 0.533. The molecule has 2 aliphatic heterocycles. The van der Waals surface area contributed by atoms with Gasteiger partial charge in [-0.15, -0.1) is 0 Å². The normalized spacial score (nSPS) is 22.7. The van der Waals surface area contributed by atoms with Crippen molar-refractivity contribution in [2.24, 2.45) is 11.8 Å². The largest absolute Gasteiger partial charge is 0.384 e. The molecule has 3 N–H and O–H groups in total. The molecule has 216 valence electrons. The number of hydrogen-bond acceptors (Lipinski definition) is 6. The summed E-state index contributed by atoms with van der Waals surface area (Å²) in [4.78, 5) is 27.0. The smallest absolute Gasteiger partial charge is 0.251 e. The van der Waals surface area contributed by atoms with E-state index in [0.29, 0.717) is 48.2 Å². The summed E-state index contributed by atoms with van der Waals surface area (Å²) in [6.45, 7) is 4.01. The third-order valence-corrected chi connectivity index (χ3v) is 9.53. The molecule has 0 aromatic heterocycles. The number of anilines is 2. The van der Waals surface area contributed by atoms with Crippen LogP contribution in [0.15, 0.2) is 36.4 Å². The number of rotatable bonds is 7. The van der Waals surface area contributed by atoms with Crippen molar-refractivity contribution in [3.8, 4) is 0 Å². The maximum Gasteiger partial charge on any atom is 0.251 e. The molecule has 2 fully saturated rings. The maximum atomic E-state index is 15.5. The van der Waals surface area contributed by atoms with Crippen LogP contribution in [0.5, 0.6) is 0 Å². The maximum absolute atomic E-state index is 15.5. The summed E-state index contributed by atoms with van der Waals surface area (Å²) in [6, 6.07) is 8.78. The van der Waals surface area contributed by atoms with Gasteiger partial charge in [-0.25, -0.2) is 12.8 Å². The highest BCUT2D eigenvalue weighted by molar-refractivity contribution is 7.89. The van der Waals surface area contributed by atoms with E-state index in [0.717, 1.165) is 44.8 Å². The number of nitrogens with one attached hydrogen (secondary N) is 3. The first-order valence-corrected chi connectivity index (χ1v) is 16.1. The van der Waals surface area contributed by atoms with Crippen molar-refractivity contribution >= 4 is 33.0 Å². The van der Waals surface area contributed by atoms with Gasteiger partial charge in [-0.05, 0) is 67.3 Å². The van der Waals surface area contributed by atoms with Gasteiger partial charge < -0.3 is 20.7 Å². The Labute approximate surface area is 235 Å². The molecule has 0 radical (unpaired) electrons. The first-order valence-electron chi connectivity index (χ1n) is 14.1. The molecule has 0 bridgehead atoms. The Morgan fingerprint density at radius 1 is 1.12 bits per heavy atom. The van der Waals surface area contributed by atoms with Crippen LogP contribution in [0.1, 0.15) is 66.9 Å². The molecule has 1 aliphatic carbocycles. The molecule has 5 rings (SSSR count). The molecule has 2 amide bonds. The van der Waals surface area contributed by atoms with Crippen molar-refractivity contribution in [2.75, 3.05) is 36.6 Å². The zero-order valence-electron chi connectivity index (χ0n) is 23.1. The number of carbonyl (C=O) groups excluding carboxylic acids is 2. The van der Waals surface area contributed by atoms with E-state index in [1.165, 1.54) is 6.07 Å². The second kappa shape index (κ2) is 11.5.